The molecule has 0 saturated heterocycles. The van der Waals surface area contributed by atoms with Gasteiger partial charge in [0.25, 0.3) is 0 Å². The number of hydrogen-bond donors (Lipinski definition) is 2. The lowest BCUT2D eigenvalue weighted by molar-refractivity contribution is -0.121. The van der Waals surface area contributed by atoms with Crippen molar-refractivity contribution in [3.63, 3.8) is 0 Å². The van der Waals surface area contributed by atoms with Gasteiger partial charge in [0.15, 0.2) is 5.58 Å². The van der Waals surface area contributed by atoms with Crippen LogP contribution in [0.25, 0.3) is 11.1 Å². The molecule has 0 radical (unpaired) electrons. The average Bonchev–Trinajstić information content (AvgIpc) is 3.21. The molecule has 0 atom stereocenters. The SMILES string of the molecule is O=C(Nc1ccc2oc(=O)[nH]c2c1)C1(c2cccc(Cl)c2)CCCC1. The van der Waals surface area contributed by atoms with E-state index in [2.05, 4.69) is 10.3 Å². The van der Waals surface area contributed by atoms with Crippen LogP contribution in [0.1, 0.15) is 31.2 Å². The van der Waals surface area contributed by atoms with Crippen molar-refractivity contribution in [3.8, 4) is 0 Å². The second-order valence-electron chi connectivity index (χ2n) is 6.48. The van der Waals surface area contributed by atoms with E-state index in [0.717, 1.165) is 31.2 Å². The maximum Gasteiger partial charge on any atom is 0.417 e. The third-order valence-corrected chi connectivity index (χ3v) is 5.18. The lowest BCUT2D eigenvalue weighted by atomic mass is 9.78. The molecule has 0 aliphatic heterocycles. The van der Waals surface area contributed by atoms with Gasteiger partial charge in [-0.15, -0.1) is 0 Å². The smallest absolute Gasteiger partial charge is 0.408 e. The molecule has 0 bridgehead atoms. The van der Waals surface area contributed by atoms with E-state index in [4.69, 9.17) is 16.0 Å². The molecule has 3 aromatic rings. The van der Waals surface area contributed by atoms with Gasteiger partial charge in [-0.1, -0.05) is 36.6 Å². The van der Waals surface area contributed by atoms with E-state index in [0.29, 0.717) is 21.8 Å². The lowest BCUT2D eigenvalue weighted by Gasteiger charge is -2.28. The number of carbonyl (C=O) groups excluding carboxylic acids is 1. The number of H-pyrrole nitrogens is 1. The molecule has 2 N–H and O–H groups in total. The van der Waals surface area contributed by atoms with Crippen LogP contribution >= 0.6 is 11.6 Å². The van der Waals surface area contributed by atoms with Gasteiger partial charge < -0.3 is 9.73 Å². The molecule has 2 aromatic carbocycles. The molecule has 1 aromatic heterocycles. The van der Waals surface area contributed by atoms with E-state index in [9.17, 15) is 9.59 Å². The van der Waals surface area contributed by atoms with E-state index in [-0.39, 0.29) is 5.91 Å². The van der Waals surface area contributed by atoms with Crippen molar-refractivity contribution in [1.29, 1.82) is 0 Å². The summed E-state index contributed by atoms with van der Waals surface area (Å²) in [4.78, 5) is 27.0. The Morgan fingerprint density at radius 1 is 1.16 bits per heavy atom. The summed E-state index contributed by atoms with van der Waals surface area (Å²) in [6.07, 6.45) is 3.61. The maximum atomic E-state index is 13.1. The first-order valence-electron chi connectivity index (χ1n) is 8.27. The van der Waals surface area contributed by atoms with Crippen molar-refractivity contribution in [2.75, 3.05) is 5.32 Å². The summed E-state index contributed by atoms with van der Waals surface area (Å²) in [6, 6.07) is 12.7. The van der Waals surface area contributed by atoms with Crippen LogP contribution in [-0.2, 0) is 10.2 Å². The predicted molar refractivity (Wildman–Crippen MR) is 97.1 cm³/mol. The number of aromatic nitrogens is 1. The van der Waals surface area contributed by atoms with Gasteiger partial charge in [0.1, 0.15) is 0 Å². The second-order valence-corrected chi connectivity index (χ2v) is 6.92. The van der Waals surface area contributed by atoms with Crippen LogP contribution < -0.4 is 11.1 Å². The molecule has 1 amide bonds. The zero-order valence-corrected chi connectivity index (χ0v) is 14.2. The highest BCUT2D eigenvalue weighted by Crippen LogP contribution is 2.42. The number of halogens is 1. The van der Waals surface area contributed by atoms with Crippen molar-refractivity contribution in [1.82, 2.24) is 4.98 Å². The minimum Gasteiger partial charge on any atom is -0.408 e. The molecule has 1 fully saturated rings. The first-order valence-corrected chi connectivity index (χ1v) is 8.65. The Labute approximate surface area is 149 Å². The minimum absolute atomic E-state index is 0.0440. The van der Waals surface area contributed by atoms with Gasteiger partial charge in [-0.3, -0.25) is 9.78 Å². The number of rotatable bonds is 3. The highest BCUT2D eigenvalue weighted by molar-refractivity contribution is 6.30. The molecular weight excluding hydrogens is 340 g/mol. The van der Waals surface area contributed by atoms with Crippen LogP contribution in [0.3, 0.4) is 0 Å². The summed E-state index contributed by atoms with van der Waals surface area (Å²) < 4.78 is 4.99. The standard InChI is InChI=1S/C19H17ClN2O3/c20-13-5-3-4-12(10-13)19(8-1-2-9-19)17(23)21-14-6-7-16-15(11-14)22-18(24)25-16/h3-7,10-11H,1-2,8-9H2,(H,21,23)(H,22,24). The average molecular weight is 357 g/mol. The number of amides is 1. The van der Waals surface area contributed by atoms with Crippen LogP contribution in [0.2, 0.25) is 5.02 Å². The second kappa shape index (κ2) is 6.08. The quantitative estimate of drug-likeness (QED) is 0.737. The normalized spacial score (nSPS) is 16.2. The molecule has 0 unspecified atom stereocenters. The van der Waals surface area contributed by atoms with Crippen LogP contribution in [0, 0.1) is 0 Å². The molecule has 25 heavy (non-hydrogen) atoms. The fourth-order valence-electron chi connectivity index (χ4n) is 3.69. The number of aromatic amines is 1. The zero-order valence-electron chi connectivity index (χ0n) is 13.5. The highest BCUT2D eigenvalue weighted by atomic mass is 35.5. The topological polar surface area (TPSA) is 75.1 Å². The Bertz CT molecular complexity index is 999. The molecule has 1 heterocycles. The summed E-state index contributed by atoms with van der Waals surface area (Å²) >= 11 is 6.14. The molecule has 5 nitrogen and oxygen atoms in total. The summed E-state index contributed by atoms with van der Waals surface area (Å²) in [5.74, 6) is -0.554. The van der Waals surface area contributed by atoms with Crippen molar-refractivity contribution >= 4 is 34.3 Å². The van der Waals surface area contributed by atoms with Gasteiger partial charge in [-0.25, -0.2) is 4.79 Å². The van der Waals surface area contributed by atoms with Crippen LogP contribution in [0.15, 0.2) is 51.7 Å². The number of carbonyl (C=O) groups is 1. The molecule has 4 rings (SSSR count). The molecule has 1 aliphatic carbocycles. The number of oxazole rings is 1. The van der Waals surface area contributed by atoms with Gasteiger partial charge >= 0.3 is 5.76 Å². The Morgan fingerprint density at radius 3 is 2.72 bits per heavy atom. The van der Waals surface area contributed by atoms with Gasteiger partial charge in [0.05, 0.1) is 10.9 Å². The lowest BCUT2D eigenvalue weighted by Crippen LogP contribution is -2.38. The first-order chi connectivity index (χ1) is 12.1. The van der Waals surface area contributed by atoms with E-state index in [1.54, 1.807) is 18.2 Å². The molecule has 1 saturated carbocycles. The molecule has 6 heteroatoms. The van der Waals surface area contributed by atoms with E-state index in [1.807, 2.05) is 24.3 Å². The van der Waals surface area contributed by atoms with Crippen LogP contribution in [0.5, 0.6) is 0 Å². The summed E-state index contributed by atoms with van der Waals surface area (Å²) in [6.45, 7) is 0. The fourth-order valence-corrected chi connectivity index (χ4v) is 3.88. The van der Waals surface area contributed by atoms with Crippen molar-refractivity contribution in [3.05, 3.63) is 63.6 Å². The molecule has 0 spiro atoms. The van der Waals surface area contributed by atoms with Gasteiger partial charge in [-0.2, -0.15) is 0 Å². The van der Waals surface area contributed by atoms with Gasteiger partial charge in [0, 0.05) is 10.7 Å². The number of nitrogens with one attached hydrogen (secondary N) is 2. The number of hydrogen-bond acceptors (Lipinski definition) is 3. The number of benzene rings is 2. The van der Waals surface area contributed by atoms with Crippen LogP contribution in [-0.4, -0.2) is 10.9 Å². The highest BCUT2D eigenvalue weighted by Gasteiger charge is 2.42. The van der Waals surface area contributed by atoms with Crippen molar-refractivity contribution in [2.45, 2.75) is 31.1 Å². The van der Waals surface area contributed by atoms with E-state index < -0.39 is 11.2 Å². The van der Waals surface area contributed by atoms with E-state index in [1.165, 1.54) is 0 Å². The van der Waals surface area contributed by atoms with Gasteiger partial charge in [0.2, 0.25) is 5.91 Å². The third-order valence-electron chi connectivity index (χ3n) is 4.95. The number of anilines is 1. The zero-order chi connectivity index (χ0) is 17.4. The monoisotopic (exact) mass is 356 g/mol. The first kappa shape index (κ1) is 16.0. The summed E-state index contributed by atoms with van der Waals surface area (Å²) in [5, 5.41) is 3.63. The van der Waals surface area contributed by atoms with Crippen LogP contribution in [0.4, 0.5) is 5.69 Å². The Balaban J connectivity index is 1.67. The molecule has 1 aliphatic rings. The molecular formula is C19H17ClN2O3. The maximum absolute atomic E-state index is 13.1. The Kier molecular flexibility index (Phi) is 3.88. The Hall–Kier alpha value is -2.53. The summed E-state index contributed by atoms with van der Waals surface area (Å²) in [7, 11) is 0. The van der Waals surface area contributed by atoms with Crippen molar-refractivity contribution < 1.29 is 9.21 Å². The predicted octanol–water partition coefficient (Wildman–Crippen LogP) is 4.23. The third kappa shape index (κ3) is 2.85. The summed E-state index contributed by atoms with van der Waals surface area (Å²) in [5.41, 5.74) is 2.04. The number of fused-ring (bicyclic) bond motifs is 1. The Morgan fingerprint density at radius 2 is 1.96 bits per heavy atom. The molecule has 128 valence electrons. The largest absolute Gasteiger partial charge is 0.417 e. The van der Waals surface area contributed by atoms with E-state index >= 15 is 0 Å². The van der Waals surface area contributed by atoms with Gasteiger partial charge in [-0.05, 0) is 48.7 Å². The minimum atomic E-state index is -0.566. The van der Waals surface area contributed by atoms with Crippen molar-refractivity contribution in [2.24, 2.45) is 0 Å². The fraction of sp³-hybridized carbons (Fsp3) is 0.263.